The molecule has 2 amide bonds. The molecule has 0 bridgehead atoms. The number of hydrogen-bond donors (Lipinski definition) is 3. The Morgan fingerprint density at radius 1 is 1.53 bits per heavy atom. The van der Waals surface area contributed by atoms with Crippen LogP contribution in [0.3, 0.4) is 0 Å². The molecule has 94 valence electrons. The van der Waals surface area contributed by atoms with E-state index in [1.807, 2.05) is 0 Å². The van der Waals surface area contributed by atoms with E-state index in [-0.39, 0.29) is 0 Å². The third-order valence-electron chi connectivity index (χ3n) is 2.20. The van der Waals surface area contributed by atoms with Gasteiger partial charge in [0.05, 0.1) is 6.54 Å². The molecule has 1 heterocycles. The van der Waals surface area contributed by atoms with E-state index in [4.69, 9.17) is 5.11 Å². The van der Waals surface area contributed by atoms with Gasteiger partial charge in [-0.1, -0.05) is 6.92 Å². The van der Waals surface area contributed by atoms with Crippen LogP contribution in [-0.2, 0) is 11.3 Å². The molecule has 1 atom stereocenters. The molecule has 7 heteroatoms. The Balaban J connectivity index is 2.23. The summed E-state index contributed by atoms with van der Waals surface area (Å²) < 4.78 is 1.68. The van der Waals surface area contributed by atoms with Crippen LogP contribution in [0.1, 0.15) is 13.3 Å². The second-order valence-corrected chi connectivity index (χ2v) is 3.47. The lowest BCUT2D eigenvalue weighted by Crippen LogP contribution is -2.46. The van der Waals surface area contributed by atoms with Gasteiger partial charge in [-0.2, -0.15) is 5.10 Å². The first-order chi connectivity index (χ1) is 8.13. The number of amides is 2. The number of carbonyl (C=O) groups excluding carboxylic acids is 1. The van der Waals surface area contributed by atoms with Gasteiger partial charge < -0.3 is 15.7 Å². The molecule has 0 spiro atoms. The van der Waals surface area contributed by atoms with Gasteiger partial charge >= 0.3 is 12.0 Å². The van der Waals surface area contributed by atoms with Crippen molar-refractivity contribution in [1.82, 2.24) is 20.4 Å². The molecule has 0 aromatic carbocycles. The Morgan fingerprint density at radius 3 is 2.82 bits per heavy atom. The average Bonchev–Trinajstić information content (AvgIpc) is 2.78. The van der Waals surface area contributed by atoms with Crippen LogP contribution in [0.25, 0.3) is 0 Å². The fraction of sp³-hybridized carbons (Fsp3) is 0.500. The summed E-state index contributed by atoms with van der Waals surface area (Å²) in [6, 6.07) is 0.462. The summed E-state index contributed by atoms with van der Waals surface area (Å²) >= 11 is 0. The number of aliphatic carboxylic acids is 1. The SMILES string of the molecule is CC[C@H](NC(=O)NCCn1cccn1)C(=O)O. The molecule has 1 aromatic rings. The topological polar surface area (TPSA) is 96.3 Å². The van der Waals surface area contributed by atoms with E-state index in [1.54, 1.807) is 30.1 Å². The summed E-state index contributed by atoms with van der Waals surface area (Å²) in [7, 11) is 0. The van der Waals surface area contributed by atoms with Crippen LogP contribution in [-0.4, -0.2) is 39.5 Å². The smallest absolute Gasteiger partial charge is 0.326 e. The molecule has 0 fully saturated rings. The first-order valence-corrected chi connectivity index (χ1v) is 5.38. The molecule has 0 aliphatic heterocycles. The molecule has 0 unspecified atom stereocenters. The summed E-state index contributed by atoms with van der Waals surface area (Å²) in [6.45, 7) is 2.64. The highest BCUT2D eigenvalue weighted by Gasteiger charge is 2.16. The molecule has 7 nitrogen and oxygen atoms in total. The summed E-state index contributed by atoms with van der Waals surface area (Å²) in [4.78, 5) is 22.0. The van der Waals surface area contributed by atoms with Gasteiger partial charge in [0, 0.05) is 18.9 Å². The molecule has 0 aliphatic rings. The van der Waals surface area contributed by atoms with E-state index >= 15 is 0 Å². The lowest BCUT2D eigenvalue weighted by molar-refractivity contribution is -0.139. The minimum Gasteiger partial charge on any atom is -0.480 e. The van der Waals surface area contributed by atoms with E-state index in [0.717, 1.165) is 0 Å². The van der Waals surface area contributed by atoms with Crippen LogP contribution in [0.2, 0.25) is 0 Å². The standard InChI is InChI=1S/C10H16N4O3/c1-2-8(9(15)16)13-10(17)11-5-7-14-6-3-4-12-14/h3-4,6,8H,2,5,7H2,1H3,(H,15,16)(H2,11,13,17)/t8-/m0/s1. The second-order valence-electron chi connectivity index (χ2n) is 3.47. The highest BCUT2D eigenvalue weighted by molar-refractivity contribution is 5.82. The largest absolute Gasteiger partial charge is 0.480 e. The normalized spacial score (nSPS) is 11.8. The van der Waals surface area contributed by atoms with Crippen molar-refractivity contribution in [3.63, 3.8) is 0 Å². The van der Waals surface area contributed by atoms with Crippen LogP contribution in [0.15, 0.2) is 18.5 Å². The Kier molecular flexibility index (Phi) is 4.99. The van der Waals surface area contributed by atoms with Crippen molar-refractivity contribution in [2.45, 2.75) is 25.9 Å². The lowest BCUT2D eigenvalue weighted by atomic mass is 10.2. The zero-order valence-electron chi connectivity index (χ0n) is 9.59. The van der Waals surface area contributed by atoms with Crippen molar-refractivity contribution in [3.05, 3.63) is 18.5 Å². The first kappa shape index (κ1) is 13.0. The highest BCUT2D eigenvalue weighted by atomic mass is 16.4. The average molecular weight is 240 g/mol. The van der Waals surface area contributed by atoms with E-state index in [1.165, 1.54) is 0 Å². The highest BCUT2D eigenvalue weighted by Crippen LogP contribution is 1.90. The quantitative estimate of drug-likeness (QED) is 0.654. The van der Waals surface area contributed by atoms with Gasteiger partial charge in [-0.05, 0) is 12.5 Å². The van der Waals surface area contributed by atoms with Crippen molar-refractivity contribution in [2.24, 2.45) is 0 Å². The van der Waals surface area contributed by atoms with Crippen molar-refractivity contribution in [1.29, 1.82) is 0 Å². The molecule has 3 N–H and O–H groups in total. The maximum atomic E-state index is 11.3. The number of urea groups is 1. The third-order valence-corrected chi connectivity index (χ3v) is 2.20. The molecule has 0 radical (unpaired) electrons. The van der Waals surface area contributed by atoms with Gasteiger partial charge in [0.1, 0.15) is 6.04 Å². The fourth-order valence-electron chi connectivity index (χ4n) is 1.26. The van der Waals surface area contributed by atoms with Crippen molar-refractivity contribution >= 4 is 12.0 Å². The summed E-state index contributed by atoms with van der Waals surface area (Å²) in [5, 5.41) is 17.6. The third kappa shape index (κ3) is 4.54. The minimum atomic E-state index is -1.03. The molecule has 0 saturated heterocycles. The monoisotopic (exact) mass is 240 g/mol. The number of nitrogens with zero attached hydrogens (tertiary/aromatic N) is 2. The summed E-state index contributed by atoms with van der Waals surface area (Å²) in [5.41, 5.74) is 0. The maximum Gasteiger partial charge on any atom is 0.326 e. The van der Waals surface area contributed by atoms with Crippen molar-refractivity contribution in [3.8, 4) is 0 Å². The van der Waals surface area contributed by atoms with Crippen molar-refractivity contribution in [2.75, 3.05) is 6.54 Å². The van der Waals surface area contributed by atoms with Gasteiger partial charge in [0.15, 0.2) is 0 Å². The van der Waals surface area contributed by atoms with Gasteiger partial charge in [-0.15, -0.1) is 0 Å². The van der Waals surface area contributed by atoms with Gasteiger partial charge in [0.25, 0.3) is 0 Å². The molecule has 1 rings (SSSR count). The van der Waals surface area contributed by atoms with Crippen LogP contribution in [0.5, 0.6) is 0 Å². The first-order valence-electron chi connectivity index (χ1n) is 5.38. The fourth-order valence-corrected chi connectivity index (χ4v) is 1.26. The molecule has 0 saturated carbocycles. The number of aromatic nitrogens is 2. The summed E-state index contributed by atoms with van der Waals surface area (Å²) in [6.07, 6.45) is 3.78. The minimum absolute atomic E-state index is 0.349. The van der Waals surface area contributed by atoms with Crippen molar-refractivity contribution < 1.29 is 14.7 Å². The van der Waals surface area contributed by atoms with E-state index < -0.39 is 18.0 Å². The van der Waals surface area contributed by atoms with E-state index in [9.17, 15) is 9.59 Å². The van der Waals surface area contributed by atoms with Gasteiger partial charge in [-0.3, -0.25) is 4.68 Å². The van der Waals surface area contributed by atoms with Gasteiger partial charge in [-0.25, -0.2) is 9.59 Å². The van der Waals surface area contributed by atoms with E-state index in [0.29, 0.717) is 19.5 Å². The molecule has 1 aromatic heterocycles. The maximum absolute atomic E-state index is 11.3. The zero-order chi connectivity index (χ0) is 12.7. The number of nitrogens with one attached hydrogen (secondary N) is 2. The lowest BCUT2D eigenvalue weighted by Gasteiger charge is -2.13. The molecule has 17 heavy (non-hydrogen) atoms. The molecular weight excluding hydrogens is 224 g/mol. The zero-order valence-corrected chi connectivity index (χ0v) is 9.59. The summed E-state index contributed by atoms with van der Waals surface area (Å²) in [5.74, 6) is -1.03. The van der Waals surface area contributed by atoms with E-state index in [2.05, 4.69) is 15.7 Å². The number of carbonyl (C=O) groups is 2. The predicted octanol–water partition coefficient (Wildman–Crippen LogP) is 0.0455. The number of rotatable bonds is 6. The van der Waals surface area contributed by atoms with Crippen LogP contribution < -0.4 is 10.6 Å². The second kappa shape index (κ2) is 6.51. The van der Waals surface area contributed by atoms with Crippen LogP contribution in [0.4, 0.5) is 4.79 Å². The number of carboxylic acid groups (broad SMARTS) is 1. The molecular formula is C10H16N4O3. The Bertz CT molecular complexity index is 364. The Morgan fingerprint density at radius 2 is 2.29 bits per heavy atom. The predicted molar refractivity (Wildman–Crippen MR) is 60.5 cm³/mol. The number of carboxylic acids is 1. The Hall–Kier alpha value is -2.05. The molecule has 0 aliphatic carbocycles. The van der Waals surface area contributed by atoms with Crippen LogP contribution >= 0.6 is 0 Å². The Labute approximate surface area is 98.8 Å². The number of hydrogen-bond acceptors (Lipinski definition) is 3. The van der Waals surface area contributed by atoms with Crippen LogP contribution in [0, 0.1) is 0 Å². The van der Waals surface area contributed by atoms with Gasteiger partial charge in [0.2, 0.25) is 0 Å².